The van der Waals surface area contributed by atoms with Crippen LogP contribution in [0.1, 0.15) is 40.0 Å². The van der Waals surface area contributed by atoms with Crippen LogP contribution >= 0.6 is 0 Å². The molecule has 1 fully saturated rings. The van der Waals surface area contributed by atoms with Gasteiger partial charge < -0.3 is 10.1 Å². The maximum Gasteiger partial charge on any atom is 0.411 e. The molecule has 1 saturated carbocycles. The second-order valence-electron chi connectivity index (χ2n) is 5.42. The minimum Gasteiger partial charge on any atom is -0.367 e. The highest BCUT2D eigenvalue weighted by Gasteiger charge is 2.43. The predicted octanol–water partition coefficient (Wildman–Crippen LogP) is 3.12. The van der Waals surface area contributed by atoms with E-state index in [1.165, 1.54) is 0 Å². The molecule has 17 heavy (non-hydrogen) atoms. The first-order valence-electron chi connectivity index (χ1n) is 6.18. The molecule has 0 aromatic heterocycles. The van der Waals surface area contributed by atoms with Gasteiger partial charge in [-0.25, -0.2) is 0 Å². The maximum absolute atomic E-state index is 12.1. The van der Waals surface area contributed by atoms with Crippen LogP contribution in [0.15, 0.2) is 0 Å². The summed E-state index contributed by atoms with van der Waals surface area (Å²) >= 11 is 0. The van der Waals surface area contributed by atoms with Crippen molar-refractivity contribution in [2.24, 2.45) is 5.41 Å². The zero-order valence-corrected chi connectivity index (χ0v) is 10.7. The molecular formula is C12H22F3NO. The van der Waals surface area contributed by atoms with Crippen molar-refractivity contribution in [1.82, 2.24) is 5.32 Å². The summed E-state index contributed by atoms with van der Waals surface area (Å²) in [6, 6.07) is 0.0183. The Morgan fingerprint density at radius 3 is 2.53 bits per heavy atom. The molecular weight excluding hydrogens is 231 g/mol. The van der Waals surface area contributed by atoms with Crippen LogP contribution in [0.3, 0.4) is 0 Å². The molecule has 0 saturated heterocycles. The van der Waals surface area contributed by atoms with Gasteiger partial charge in [0.1, 0.15) is 6.61 Å². The van der Waals surface area contributed by atoms with Crippen LogP contribution in [-0.2, 0) is 4.74 Å². The zero-order chi connectivity index (χ0) is 13.1. The summed E-state index contributed by atoms with van der Waals surface area (Å²) < 4.78 is 41.4. The Labute approximate surface area is 101 Å². The van der Waals surface area contributed by atoms with E-state index in [4.69, 9.17) is 4.74 Å². The third kappa shape index (κ3) is 4.47. The SMILES string of the molecule is CCCNC1C(OCC(F)(F)F)CCC1(C)C. The molecule has 2 unspecified atom stereocenters. The number of halogens is 3. The van der Waals surface area contributed by atoms with E-state index in [9.17, 15) is 13.2 Å². The first kappa shape index (κ1) is 14.8. The summed E-state index contributed by atoms with van der Waals surface area (Å²) in [7, 11) is 0. The van der Waals surface area contributed by atoms with Crippen LogP contribution in [-0.4, -0.2) is 31.5 Å². The van der Waals surface area contributed by atoms with Crippen molar-refractivity contribution in [2.45, 2.75) is 58.4 Å². The third-order valence-corrected chi connectivity index (χ3v) is 3.36. The van der Waals surface area contributed by atoms with Gasteiger partial charge in [0.15, 0.2) is 0 Å². The molecule has 0 spiro atoms. The Hall–Kier alpha value is -0.290. The summed E-state index contributed by atoms with van der Waals surface area (Å²) in [5, 5.41) is 3.32. The van der Waals surface area contributed by atoms with Gasteiger partial charge in [0.2, 0.25) is 0 Å². The van der Waals surface area contributed by atoms with Crippen LogP contribution in [0, 0.1) is 5.41 Å². The normalized spacial score (nSPS) is 28.6. The molecule has 2 nitrogen and oxygen atoms in total. The molecule has 1 aliphatic rings. The van der Waals surface area contributed by atoms with Gasteiger partial charge in [-0.2, -0.15) is 13.2 Å². The number of hydrogen-bond acceptors (Lipinski definition) is 2. The first-order chi connectivity index (χ1) is 7.76. The highest BCUT2D eigenvalue weighted by Crippen LogP contribution is 2.39. The first-order valence-corrected chi connectivity index (χ1v) is 6.18. The standard InChI is InChI=1S/C12H22F3NO/c1-4-7-16-10-9(5-6-11(10,2)3)17-8-12(13,14)15/h9-10,16H,4-8H2,1-3H3. The maximum atomic E-state index is 12.1. The molecule has 1 N–H and O–H groups in total. The summed E-state index contributed by atoms with van der Waals surface area (Å²) in [6.45, 7) is 5.88. The van der Waals surface area contributed by atoms with E-state index in [-0.39, 0.29) is 17.6 Å². The van der Waals surface area contributed by atoms with Crippen LogP contribution in [0.25, 0.3) is 0 Å². The van der Waals surface area contributed by atoms with Gasteiger partial charge in [-0.3, -0.25) is 0 Å². The minimum atomic E-state index is -4.23. The van der Waals surface area contributed by atoms with Crippen LogP contribution in [0.5, 0.6) is 0 Å². The van der Waals surface area contributed by atoms with Gasteiger partial charge in [0, 0.05) is 6.04 Å². The van der Waals surface area contributed by atoms with Crippen LogP contribution in [0.2, 0.25) is 0 Å². The molecule has 0 aliphatic heterocycles. The number of alkyl halides is 3. The molecule has 0 radical (unpaired) electrons. The average molecular weight is 253 g/mol. The summed E-state index contributed by atoms with van der Waals surface area (Å²) in [6.07, 6.45) is -1.99. The minimum absolute atomic E-state index is 0.00539. The second-order valence-corrected chi connectivity index (χ2v) is 5.42. The Kier molecular flexibility index (Phi) is 4.84. The van der Waals surface area contributed by atoms with E-state index in [2.05, 4.69) is 19.2 Å². The molecule has 2 atom stereocenters. The second kappa shape index (κ2) is 5.57. The fourth-order valence-corrected chi connectivity index (χ4v) is 2.43. The number of hydrogen-bond donors (Lipinski definition) is 1. The van der Waals surface area contributed by atoms with E-state index in [0.717, 1.165) is 19.4 Å². The number of ether oxygens (including phenoxy) is 1. The largest absolute Gasteiger partial charge is 0.411 e. The molecule has 0 aromatic rings. The summed E-state index contributed by atoms with van der Waals surface area (Å²) in [5.41, 5.74) is 0.00539. The highest BCUT2D eigenvalue weighted by atomic mass is 19.4. The molecule has 1 rings (SSSR count). The number of nitrogens with one attached hydrogen (secondary N) is 1. The van der Waals surface area contributed by atoms with Gasteiger partial charge in [0.05, 0.1) is 6.10 Å². The van der Waals surface area contributed by atoms with Gasteiger partial charge in [0.25, 0.3) is 0 Å². The summed E-state index contributed by atoms with van der Waals surface area (Å²) in [4.78, 5) is 0. The van der Waals surface area contributed by atoms with Crippen molar-refractivity contribution in [3.05, 3.63) is 0 Å². The Morgan fingerprint density at radius 2 is 2.00 bits per heavy atom. The van der Waals surface area contributed by atoms with E-state index >= 15 is 0 Å². The van der Waals surface area contributed by atoms with Gasteiger partial charge in [-0.1, -0.05) is 20.8 Å². The van der Waals surface area contributed by atoms with Crippen molar-refractivity contribution in [2.75, 3.05) is 13.2 Å². The average Bonchev–Trinajstić information content (AvgIpc) is 2.47. The van der Waals surface area contributed by atoms with Crippen molar-refractivity contribution < 1.29 is 17.9 Å². The van der Waals surface area contributed by atoms with E-state index in [1.807, 2.05) is 6.92 Å². The van der Waals surface area contributed by atoms with Gasteiger partial charge >= 0.3 is 6.18 Å². The van der Waals surface area contributed by atoms with Crippen LogP contribution in [0.4, 0.5) is 13.2 Å². The quantitative estimate of drug-likeness (QED) is 0.812. The molecule has 0 amide bonds. The lowest BCUT2D eigenvalue weighted by Crippen LogP contribution is -2.46. The molecule has 1 aliphatic carbocycles. The fraction of sp³-hybridized carbons (Fsp3) is 1.00. The molecule has 0 heterocycles. The lowest BCUT2D eigenvalue weighted by molar-refractivity contribution is -0.187. The smallest absolute Gasteiger partial charge is 0.367 e. The van der Waals surface area contributed by atoms with Crippen molar-refractivity contribution >= 4 is 0 Å². The van der Waals surface area contributed by atoms with E-state index in [0.29, 0.717) is 6.42 Å². The predicted molar refractivity (Wildman–Crippen MR) is 60.9 cm³/mol. The van der Waals surface area contributed by atoms with Crippen molar-refractivity contribution in [3.63, 3.8) is 0 Å². The van der Waals surface area contributed by atoms with Crippen LogP contribution < -0.4 is 5.32 Å². The highest BCUT2D eigenvalue weighted by molar-refractivity contribution is 4.97. The lowest BCUT2D eigenvalue weighted by Gasteiger charge is -2.31. The molecule has 0 bridgehead atoms. The molecule has 0 aromatic carbocycles. The zero-order valence-electron chi connectivity index (χ0n) is 10.7. The van der Waals surface area contributed by atoms with Gasteiger partial charge in [-0.05, 0) is 31.2 Å². The van der Waals surface area contributed by atoms with Crippen molar-refractivity contribution in [1.29, 1.82) is 0 Å². The number of rotatable bonds is 5. The van der Waals surface area contributed by atoms with E-state index in [1.54, 1.807) is 0 Å². The topological polar surface area (TPSA) is 21.3 Å². The molecule has 5 heteroatoms. The molecule has 102 valence electrons. The van der Waals surface area contributed by atoms with Crippen molar-refractivity contribution in [3.8, 4) is 0 Å². The Bertz CT molecular complexity index is 240. The Balaban J connectivity index is 2.52. The summed E-state index contributed by atoms with van der Waals surface area (Å²) in [5.74, 6) is 0. The lowest BCUT2D eigenvalue weighted by atomic mass is 9.87. The fourth-order valence-electron chi connectivity index (χ4n) is 2.43. The van der Waals surface area contributed by atoms with Gasteiger partial charge in [-0.15, -0.1) is 0 Å². The van der Waals surface area contributed by atoms with E-state index < -0.39 is 12.8 Å². The monoisotopic (exact) mass is 253 g/mol. The third-order valence-electron chi connectivity index (χ3n) is 3.36. The Morgan fingerprint density at radius 1 is 1.35 bits per heavy atom.